The topological polar surface area (TPSA) is 292 Å². The van der Waals surface area contributed by atoms with Crippen molar-refractivity contribution in [2.75, 3.05) is 114 Å². The van der Waals surface area contributed by atoms with E-state index >= 15 is 0 Å². The molecule has 7 aromatic carbocycles. The molecular formula is C92H80ClF9N18O5. The van der Waals surface area contributed by atoms with Crippen molar-refractivity contribution in [3.8, 4) is 52.7 Å². The third kappa shape index (κ3) is 21.6. The molecular weight excluding hydrogens is 1640 g/mol. The normalized spacial score (nSPS) is 13.3. The van der Waals surface area contributed by atoms with E-state index in [1.165, 1.54) is 91.5 Å². The summed E-state index contributed by atoms with van der Waals surface area (Å²) in [6.45, 7) is 11.8. The summed E-state index contributed by atoms with van der Waals surface area (Å²) in [4.78, 5) is 76.5. The number of benzene rings is 7. The quantitative estimate of drug-likeness (QED) is 0.0462. The monoisotopic (exact) mass is 1720 g/mol. The standard InChI is InChI=1S/C34H34F3N5O3.C30H28F3N7O.C28H18ClF3N6O/c1-21-5-6-23(15-22(21)8-10-27-28-18-31(45-4)30(44-3)16-25(28)19-39-32(27)38)33(43)40-26-9-7-24(29(17-26)34(35,36)37)20-42-13-11-41(2)12-14-42;1-19-3-4-21(15-20(19)6-8-24-27-26(17-37-28(24)34)35-9-10-36-27)29(41)38-23-7-5-22(25(16-23)30(31,32)33)18-40-13-11-39(2)12-14-40;1-16-13-35-24(10-17(16)3-6-21-22-11-19(29)4-2-18(22)14-36-26(21)33)27(39)37-20-5-7-25(38-9-8-34-15-38)23(12-20)28(30,31)32/h5-7,9,15-19H,11-14,20H2,1-4H3,(H2,38,39)(H,40,43);3-5,7,9-10,15-17H,11-14,18H2,1-2H3,(H2,34,37)(H,38,41);2,4-5,7-15H,1H3,(H2,33,36)(H,37,39). The maximum absolute atomic E-state index is 14.1. The summed E-state index contributed by atoms with van der Waals surface area (Å²) >= 11 is 6.15. The molecule has 638 valence electrons. The van der Waals surface area contributed by atoms with Gasteiger partial charge in [-0.1, -0.05) is 77.5 Å². The Morgan fingerprint density at radius 2 is 0.920 bits per heavy atom. The number of aromatic nitrogens is 8. The van der Waals surface area contributed by atoms with Gasteiger partial charge in [0.15, 0.2) is 11.5 Å². The van der Waals surface area contributed by atoms with Gasteiger partial charge in [0.2, 0.25) is 0 Å². The number of anilines is 6. The predicted octanol–water partition coefficient (Wildman–Crippen LogP) is 15.9. The molecule has 2 fully saturated rings. The number of hydrogen-bond acceptors (Lipinski definition) is 19. The first-order valence-corrected chi connectivity index (χ1v) is 39.1. The van der Waals surface area contributed by atoms with Crippen LogP contribution in [0.5, 0.6) is 11.5 Å². The number of fused-ring (bicyclic) bond motifs is 3. The largest absolute Gasteiger partial charge is 0.493 e. The SMILES string of the molecule is COc1cc2cnc(N)c(C#Cc3cc(C(=O)Nc4ccc(CN5CCN(C)CC5)c(C(F)(F)F)c4)ccc3C)c2cc1OC.Cc1ccc(C(=O)Nc2ccc(CN3CCN(C)CC3)c(C(F)(F)F)c2)cc1C#Cc1c(N)ncc2nccnc12.Cc1cnc(C(=O)Nc2ccc(-n3ccnc3)c(C(F)(F)F)c2)cc1C#Cc1c(N)ncc2ccc(Cl)cc12. The molecule has 33 heteroatoms. The second-order valence-corrected chi connectivity index (χ2v) is 30.0. The molecule has 0 spiro atoms. The molecule has 2 saturated heterocycles. The molecule has 9 N–H and O–H groups in total. The fourth-order valence-electron chi connectivity index (χ4n) is 13.7. The number of carbonyl (C=O) groups excluding carboxylic acids is 3. The maximum Gasteiger partial charge on any atom is 0.418 e. The highest BCUT2D eigenvalue weighted by Crippen LogP contribution is 2.40. The average molecular weight is 1720 g/mol. The van der Waals surface area contributed by atoms with Crippen molar-refractivity contribution in [2.45, 2.75) is 52.4 Å². The van der Waals surface area contributed by atoms with Crippen LogP contribution in [0, 0.1) is 56.3 Å². The zero-order valence-electron chi connectivity index (χ0n) is 68.3. The molecule has 125 heavy (non-hydrogen) atoms. The number of carbonyl (C=O) groups is 3. The highest BCUT2D eigenvalue weighted by atomic mass is 35.5. The Labute approximate surface area is 717 Å². The van der Waals surface area contributed by atoms with E-state index in [1.54, 1.807) is 93.3 Å². The number of nitrogens with one attached hydrogen (secondary N) is 3. The fraction of sp³-hybridized carbons (Fsp3) is 0.217. The van der Waals surface area contributed by atoms with E-state index in [9.17, 15) is 53.9 Å². The van der Waals surface area contributed by atoms with Gasteiger partial charge in [0.1, 0.15) is 34.2 Å². The first-order valence-electron chi connectivity index (χ1n) is 38.7. The van der Waals surface area contributed by atoms with Crippen LogP contribution in [0.4, 0.5) is 74.0 Å². The predicted molar refractivity (Wildman–Crippen MR) is 462 cm³/mol. The van der Waals surface area contributed by atoms with E-state index in [-0.39, 0.29) is 81.2 Å². The number of methoxy groups -OCH3 is 2. The molecule has 0 unspecified atom stereocenters. The Balaban J connectivity index is 0.000000161. The fourth-order valence-corrected chi connectivity index (χ4v) is 13.9. The number of hydrogen-bond donors (Lipinski definition) is 6. The summed E-state index contributed by atoms with van der Waals surface area (Å²) in [6, 6.07) is 31.5. The minimum atomic E-state index is -4.66. The van der Waals surface area contributed by atoms with Crippen LogP contribution >= 0.6 is 11.6 Å². The summed E-state index contributed by atoms with van der Waals surface area (Å²) in [6.07, 6.45) is -0.444. The third-order valence-electron chi connectivity index (χ3n) is 20.8. The number of pyridine rings is 4. The number of aryl methyl sites for hydroxylation is 3. The van der Waals surface area contributed by atoms with Crippen LogP contribution in [0.2, 0.25) is 5.02 Å². The van der Waals surface area contributed by atoms with E-state index < -0.39 is 52.9 Å². The number of nitrogens with two attached hydrogens (primary N) is 3. The first-order chi connectivity index (χ1) is 59.6. The molecule has 3 amide bonds. The van der Waals surface area contributed by atoms with Crippen molar-refractivity contribution in [3.63, 3.8) is 0 Å². The Bertz CT molecular complexity index is 6490. The molecule has 0 radical (unpaired) electrons. The first kappa shape index (κ1) is 88.6. The van der Waals surface area contributed by atoms with Crippen molar-refractivity contribution >= 4 is 96.4 Å². The van der Waals surface area contributed by atoms with Crippen LogP contribution in [0.15, 0.2) is 183 Å². The van der Waals surface area contributed by atoms with Crippen LogP contribution in [0.25, 0.3) is 38.3 Å². The second-order valence-electron chi connectivity index (χ2n) is 29.5. The number of rotatable bonds is 13. The number of alkyl halides is 9. The smallest absolute Gasteiger partial charge is 0.418 e. The van der Waals surface area contributed by atoms with E-state index in [1.807, 2.05) is 43.8 Å². The molecule has 2 aliphatic rings. The Morgan fingerprint density at radius 3 is 1.44 bits per heavy atom. The number of ether oxygens (including phenoxy) is 2. The Morgan fingerprint density at radius 1 is 0.456 bits per heavy atom. The molecule has 2 aliphatic heterocycles. The lowest BCUT2D eigenvalue weighted by molar-refractivity contribution is -0.139. The van der Waals surface area contributed by atoms with E-state index in [2.05, 4.69) is 96.2 Å². The van der Waals surface area contributed by atoms with Gasteiger partial charge < -0.3 is 57.0 Å². The molecule has 0 bridgehead atoms. The van der Waals surface area contributed by atoms with Gasteiger partial charge >= 0.3 is 18.5 Å². The summed E-state index contributed by atoms with van der Waals surface area (Å²) in [7, 11) is 7.06. The van der Waals surface area contributed by atoms with E-state index in [0.717, 1.165) is 77.0 Å². The molecule has 8 heterocycles. The summed E-state index contributed by atoms with van der Waals surface area (Å²) in [5.74, 6) is 18.1. The van der Waals surface area contributed by atoms with Gasteiger partial charge in [0, 0.05) is 180 Å². The van der Waals surface area contributed by atoms with Crippen molar-refractivity contribution in [1.29, 1.82) is 0 Å². The van der Waals surface area contributed by atoms with Crippen molar-refractivity contribution in [3.05, 3.63) is 283 Å². The highest BCUT2D eigenvalue weighted by molar-refractivity contribution is 6.31. The number of nitrogens with zero attached hydrogens (tertiary/aromatic N) is 12. The second kappa shape index (κ2) is 38.1. The molecule has 15 rings (SSSR count). The molecule has 6 aromatic heterocycles. The number of amides is 3. The lowest BCUT2D eigenvalue weighted by Crippen LogP contribution is -2.44. The van der Waals surface area contributed by atoms with Crippen LogP contribution < -0.4 is 42.6 Å². The summed E-state index contributed by atoms with van der Waals surface area (Å²) in [5.41, 5.74) is 23.0. The van der Waals surface area contributed by atoms with Crippen molar-refractivity contribution in [2.24, 2.45) is 0 Å². The number of likely N-dealkylation sites (N-methyl/N-ethyl adjacent to an activating group) is 2. The van der Waals surface area contributed by atoms with Crippen LogP contribution in [-0.4, -0.2) is 157 Å². The van der Waals surface area contributed by atoms with Crippen LogP contribution in [-0.2, 0) is 31.6 Å². The van der Waals surface area contributed by atoms with Gasteiger partial charge in [-0.05, 0) is 160 Å². The maximum atomic E-state index is 14.1. The Kier molecular flexibility index (Phi) is 27.0. The molecule has 0 saturated carbocycles. The summed E-state index contributed by atoms with van der Waals surface area (Å²) in [5, 5.41) is 11.2. The number of imidazole rings is 1. The molecule has 23 nitrogen and oxygen atoms in total. The average Bonchev–Trinajstić information content (AvgIpc) is 1.79. The minimum Gasteiger partial charge on any atom is -0.493 e. The zero-order valence-corrected chi connectivity index (χ0v) is 69.1. The van der Waals surface area contributed by atoms with Gasteiger partial charge in [-0.3, -0.25) is 39.1 Å². The van der Waals surface area contributed by atoms with E-state index in [0.29, 0.717) is 92.7 Å². The van der Waals surface area contributed by atoms with Gasteiger partial charge in [0.25, 0.3) is 17.7 Å². The lowest BCUT2D eigenvalue weighted by Gasteiger charge is -2.33. The number of halogens is 10. The zero-order chi connectivity index (χ0) is 89.2. The van der Waals surface area contributed by atoms with Gasteiger partial charge in [-0.15, -0.1) is 0 Å². The van der Waals surface area contributed by atoms with Gasteiger partial charge in [-0.25, -0.2) is 19.9 Å². The molecule has 13 aromatic rings. The number of piperazine rings is 2. The molecule has 0 atom stereocenters. The van der Waals surface area contributed by atoms with Crippen molar-refractivity contribution < 1.29 is 63.4 Å². The minimum absolute atomic E-state index is 0.0239. The van der Waals surface area contributed by atoms with Crippen LogP contribution in [0.1, 0.15) is 109 Å². The highest BCUT2D eigenvalue weighted by Gasteiger charge is 2.37. The molecule has 0 aliphatic carbocycles. The van der Waals surface area contributed by atoms with Gasteiger partial charge in [0.05, 0.1) is 65.8 Å². The lowest BCUT2D eigenvalue weighted by atomic mass is 10.0. The van der Waals surface area contributed by atoms with Crippen molar-refractivity contribution in [1.82, 2.24) is 59.1 Å². The van der Waals surface area contributed by atoms with E-state index in [4.69, 9.17) is 38.3 Å². The Hall–Kier alpha value is -14.2. The number of nitrogen functional groups attached to an aromatic ring is 3. The summed E-state index contributed by atoms with van der Waals surface area (Å²) < 4.78 is 137. The third-order valence-corrected chi connectivity index (χ3v) is 21.1. The van der Waals surface area contributed by atoms with Crippen LogP contribution in [0.3, 0.4) is 0 Å². The van der Waals surface area contributed by atoms with Gasteiger partial charge in [-0.2, -0.15) is 39.5 Å².